The second kappa shape index (κ2) is 7.45. The van der Waals surface area contributed by atoms with E-state index in [1.165, 1.54) is 18.2 Å². The van der Waals surface area contributed by atoms with Crippen LogP contribution in [0.5, 0.6) is 0 Å². The Hall–Kier alpha value is -0.820. The molecule has 5 nitrogen and oxygen atoms in total. The van der Waals surface area contributed by atoms with Crippen molar-refractivity contribution in [1.82, 2.24) is 9.62 Å². The largest absolute Gasteiger partial charge is 0.353 e. The summed E-state index contributed by atoms with van der Waals surface area (Å²) in [6.45, 7) is 5.14. The molecule has 0 spiro atoms. The fourth-order valence-electron chi connectivity index (χ4n) is 1.72. The molecular weight excluding hydrogens is 335 g/mol. The topological polar surface area (TPSA) is 66.5 Å². The lowest BCUT2D eigenvalue weighted by Gasteiger charge is -2.21. The summed E-state index contributed by atoms with van der Waals surface area (Å²) in [5.74, 6) is -0.367. The van der Waals surface area contributed by atoms with Gasteiger partial charge in [-0.2, -0.15) is 4.31 Å². The molecule has 0 atom stereocenters. The number of rotatable bonds is 6. The molecule has 1 aromatic rings. The molecule has 0 fully saturated rings. The Bertz CT molecular complexity index is 618. The first kappa shape index (κ1) is 18.2. The highest BCUT2D eigenvalue weighted by Crippen LogP contribution is 2.30. The number of halogens is 2. The van der Waals surface area contributed by atoms with Crippen LogP contribution in [0.3, 0.4) is 0 Å². The number of sulfonamides is 1. The Morgan fingerprint density at radius 2 is 1.95 bits per heavy atom. The van der Waals surface area contributed by atoms with Crippen LogP contribution in [0.15, 0.2) is 23.1 Å². The van der Waals surface area contributed by atoms with Crippen molar-refractivity contribution in [3.63, 3.8) is 0 Å². The van der Waals surface area contributed by atoms with E-state index in [4.69, 9.17) is 23.2 Å². The Balaban J connectivity index is 3.08. The molecule has 0 aliphatic rings. The van der Waals surface area contributed by atoms with Gasteiger partial charge in [-0.1, -0.05) is 36.2 Å². The van der Waals surface area contributed by atoms with Crippen LogP contribution in [0, 0.1) is 0 Å². The molecule has 0 aliphatic carbocycles. The molecule has 0 heterocycles. The number of likely N-dealkylation sites (N-methyl/N-ethyl adjacent to an activating group) is 1. The van der Waals surface area contributed by atoms with Gasteiger partial charge in [0.1, 0.15) is 4.90 Å². The van der Waals surface area contributed by atoms with Crippen LogP contribution in [-0.4, -0.2) is 37.8 Å². The number of benzene rings is 1. The summed E-state index contributed by atoms with van der Waals surface area (Å²) in [5, 5.41) is 2.77. The number of nitrogens with one attached hydrogen (secondary N) is 1. The number of nitrogens with zero attached hydrogens (tertiary/aromatic N) is 1. The third-order valence-electron chi connectivity index (χ3n) is 2.66. The lowest BCUT2D eigenvalue weighted by atomic mass is 10.4. The van der Waals surface area contributed by atoms with Crippen molar-refractivity contribution < 1.29 is 13.2 Å². The van der Waals surface area contributed by atoms with Crippen molar-refractivity contribution in [2.45, 2.75) is 31.7 Å². The molecule has 1 N–H and O–H groups in total. The van der Waals surface area contributed by atoms with Gasteiger partial charge in [-0.3, -0.25) is 4.79 Å². The average Bonchev–Trinajstić information content (AvgIpc) is 2.37. The zero-order chi connectivity index (χ0) is 16.2. The van der Waals surface area contributed by atoms with Crippen LogP contribution in [0.2, 0.25) is 10.0 Å². The molecule has 1 rings (SSSR count). The third kappa shape index (κ3) is 4.57. The highest BCUT2D eigenvalue weighted by atomic mass is 35.5. The van der Waals surface area contributed by atoms with Crippen molar-refractivity contribution in [1.29, 1.82) is 0 Å². The zero-order valence-electron chi connectivity index (χ0n) is 12.1. The Labute approximate surface area is 135 Å². The van der Waals surface area contributed by atoms with Crippen molar-refractivity contribution in [3.05, 3.63) is 28.2 Å². The molecule has 0 saturated carbocycles. The van der Waals surface area contributed by atoms with E-state index < -0.39 is 10.0 Å². The van der Waals surface area contributed by atoms with E-state index >= 15 is 0 Å². The minimum atomic E-state index is -3.88. The second-order valence-corrected chi connectivity index (χ2v) is 7.40. The molecular formula is C13H18Cl2N2O3S. The normalized spacial score (nSPS) is 12.0. The molecule has 1 amide bonds. The minimum Gasteiger partial charge on any atom is -0.353 e. The molecule has 0 bridgehead atoms. The minimum absolute atomic E-state index is 0.0399. The number of carbonyl (C=O) groups is 1. The molecule has 8 heteroatoms. The Morgan fingerprint density at radius 1 is 1.33 bits per heavy atom. The SMILES string of the molecule is CCN(CC(=O)NC(C)C)S(=O)(=O)c1cccc(Cl)c1Cl. The van der Waals surface area contributed by atoms with Gasteiger partial charge in [-0.05, 0) is 26.0 Å². The molecule has 21 heavy (non-hydrogen) atoms. The predicted octanol–water partition coefficient (Wildman–Crippen LogP) is 2.53. The summed E-state index contributed by atoms with van der Waals surface area (Å²) in [4.78, 5) is 11.7. The summed E-state index contributed by atoms with van der Waals surface area (Å²) in [7, 11) is -3.88. The van der Waals surface area contributed by atoms with E-state index in [0.29, 0.717) is 0 Å². The van der Waals surface area contributed by atoms with Gasteiger partial charge in [0.05, 0.1) is 16.6 Å². The van der Waals surface area contributed by atoms with Crippen LogP contribution >= 0.6 is 23.2 Å². The van der Waals surface area contributed by atoms with Gasteiger partial charge in [0.2, 0.25) is 15.9 Å². The molecule has 0 unspecified atom stereocenters. The van der Waals surface area contributed by atoms with Crippen molar-refractivity contribution in [2.75, 3.05) is 13.1 Å². The Kier molecular flexibility index (Phi) is 6.46. The van der Waals surface area contributed by atoms with E-state index in [1.807, 2.05) is 0 Å². The lowest BCUT2D eigenvalue weighted by Crippen LogP contribution is -2.42. The quantitative estimate of drug-likeness (QED) is 0.855. The molecule has 0 radical (unpaired) electrons. The summed E-state index contributed by atoms with van der Waals surface area (Å²) in [6, 6.07) is 4.31. The highest BCUT2D eigenvalue weighted by Gasteiger charge is 2.28. The van der Waals surface area contributed by atoms with Gasteiger partial charge in [0.15, 0.2) is 0 Å². The maximum atomic E-state index is 12.6. The van der Waals surface area contributed by atoms with E-state index in [0.717, 1.165) is 4.31 Å². The predicted molar refractivity (Wildman–Crippen MR) is 84.2 cm³/mol. The number of hydrogen-bond acceptors (Lipinski definition) is 3. The number of amides is 1. The van der Waals surface area contributed by atoms with Crippen LogP contribution in [0.25, 0.3) is 0 Å². The monoisotopic (exact) mass is 352 g/mol. The van der Waals surface area contributed by atoms with Gasteiger partial charge < -0.3 is 5.32 Å². The zero-order valence-corrected chi connectivity index (χ0v) is 14.4. The van der Waals surface area contributed by atoms with Gasteiger partial charge in [-0.15, -0.1) is 0 Å². The molecule has 1 aromatic carbocycles. The second-order valence-electron chi connectivity index (χ2n) is 4.71. The number of carbonyl (C=O) groups excluding carboxylic acids is 1. The van der Waals surface area contributed by atoms with Crippen LogP contribution in [0.1, 0.15) is 20.8 Å². The van der Waals surface area contributed by atoms with Gasteiger partial charge >= 0.3 is 0 Å². The van der Waals surface area contributed by atoms with E-state index in [2.05, 4.69) is 5.32 Å². The van der Waals surface area contributed by atoms with Gasteiger partial charge in [0.25, 0.3) is 0 Å². The van der Waals surface area contributed by atoms with E-state index in [9.17, 15) is 13.2 Å². The first-order valence-corrected chi connectivity index (χ1v) is 8.63. The summed E-state index contributed by atoms with van der Waals surface area (Å²) >= 11 is 11.8. The first-order chi connectivity index (χ1) is 9.70. The first-order valence-electron chi connectivity index (χ1n) is 6.43. The fraction of sp³-hybridized carbons (Fsp3) is 0.462. The van der Waals surface area contributed by atoms with Gasteiger partial charge in [-0.25, -0.2) is 8.42 Å². The maximum Gasteiger partial charge on any atom is 0.245 e. The van der Waals surface area contributed by atoms with E-state index in [-0.39, 0.29) is 40.0 Å². The Morgan fingerprint density at radius 3 is 2.48 bits per heavy atom. The summed E-state index contributed by atoms with van der Waals surface area (Å²) in [5.41, 5.74) is 0. The van der Waals surface area contributed by atoms with Crippen LogP contribution in [0.4, 0.5) is 0 Å². The smallest absolute Gasteiger partial charge is 0.245 e. The van der Waals surface area contributed by atoms with Gasteiger partial charge in [0, 0.05) is 12.6 Å². The standard InChI is InChI=1S/C13H18Cl2N2O3S/c1-4-17(8-12(18)16-9(2)3)21(19,20)11-7-5-6-10(14)13(11)15/h5-7,9H,4,8H2,1-3H3,(H,16,18). The highest BCUT2D eigenvalue weighted by molar-refractivity contribution is 7.89. The molecule has 118 valence electrons. The van der Waals surface area contributed by atoms with Crippen molar-refractivity contribution in [2.24, 2.45) is 0 Å². The average molecular weight is 353 g/mol. The van der Waals surface area contributed by atoms with Crippen molar-refractivity contribution >= 4 is 39.1 Å². The molecule has 0 saturated heterocycles. The lowest BCUT2D eigenvalue weighted by molar-refractivity contribution is -0.121. The molecule has 0 aliphatic heterocycles. The van der Waals surface area contributed by atoms with Crippen LogP contribution < -0.4 is 5.32 Å². The third-order valence-corrected chi connectivity index (χ3v) is 5.55. The summed E-state index contributed by atoms with van der Waals surface area (Å²) < 4.78 is 26.2. The van der Waals surface area contributed by atoms with E-state index in [1.54, 1.807) is 20.8 Å². The van der Waals surface area contributed by atoms with Crippen LogP contribution in [-0.2, 0) is 14.8 Å². The van der Waals surface area contributed by atoms with Crippen molar-refractivity contribution in [3.8, 4) is 0 Å². The molecule has 0 aromatic heterocycles. The number of hydrogen-bond donors (Lipinski definition) is 1. The fourth-order valence-corrected chi connectivity index (χ4v) is 3.86. The maximum absolute atomic E-state index is 12.6. The summed E-state index contributed by atoms with van der Waals surface area (Å²) in [6.07, 6.45) is 0.